The third-order valence-corrected chi connectivity index (χ3v) is 7.73. The number of carbonyl (C=O) groups excluding carboxylic acids is 2. The zero-order valence-electron chi connectivity index (χ0n) is 22.5. The molecule has 1 aliphatic carbocycles. The zero-order valence-corrected chi connectivity index (χ0v) is 22.5. The molecule has 40 heavy (non-hydrogen) atoms. The highest BCUT2D eigenvalue weighted by atomic mass is 16.6. The number of methoxy groups -OCH3 is 1. The minimum Gasteiger partial charge on any atom is -0.459 e. The number of nitrogens with zero attached hydrogens (tertiary/aromatic N) is 2. The number of hydrogen-bond donors (Lipinski definition) is 3. The number of ether oxygens (including phenoxy) is 1. The lowest BCUT2D eigenvalue weighted by Crippen LogP contribution is -2.39. The van der Waals surface area contributed by atoms with Gasteiger partial charge in [-0.3, -0.25) is 19.7 Å². The second kappa shape index (κ2) is 12.7. The molecule has 0 spiro atoms. The van der Waals surface area contributed by atoms with Crippen molar-refractivity contribution in [3.63, 3.8) is 0 Å². The molecule has 2 heterocycles. The highest BCUT2D eigenvalue weighted by Crippen LogP contribution is 2.47. The van der Waals surface area contributed by atoms with Crippen LogP contribution in [0.15, 0.2) is 57.5 Å². The number of furan rings is 1. The average Bonchev–Trinajstić information content (AvgIpc) is 3.51. The molecule has 3 N–H and O–H groups in total. The van der Waals surface area contributed by atoms with E-state index in [1.54, 1.807) is 12.1 Å². The summed E-state index contributed by atoms with van der Waals surface area (Å²) in [6, 6.07) is 8.79. The quantitative estimate of drug-likeness (QED) is 0.154. The summed E-state index contributed by atoms with van der Waals surface area (Å²) in [6.45, 7) is 1.44. The van der Waals surface area contributed by atoms with Crippen molar-refractivity contribution in [2.45, 2.75) is 45.3 Å². The molecule has 2 aromatic rings. The van der Waals surface area contributed by atoms with E-state index in [1.807, 2.05) is 13.0 Å². The molecule has 2 aliphatic rings. The van der Waals surface area contributed by atoms with E-state index < -0.39 is 47.2 Å². The highest BCUT2D eigenvalue weighted by Gasteiger charge is 2.55. The van der Waals surface area contributed by atoms with Crippen molar-refractivity contribution in [1.29, 1.82) is 0 Å². The molecule has 0 radical (unpaired) electrons. The molecule has 11 heteroatoms. The number of imide groups is 1. The number of hydrogen-bond acceptors (Lipinski definition) is 9. The van der Waals surface area contributed by atoms with Gasteiger partial charge in [-0.05, 0) is 61.1 Å². The number of carbonyl (C=O) groups is 2. The van der Waals surface area contributed by atoms with Gasteiger partial charge in [-0.25, -0.2) is 4.90 Å². The van der Waals surface area contributed by atoms with Gasteiger partial charge in [0.1, 0.15) is 18.1 Å². The first-order chi connectivity index (χ1) is 19.2. The van der Waals surface area contributed by atoms with Crippen molar-refractivity contribution in [1.82, 2.24) is 0 Å². The van der Waals surface area contributed by atoms with E-state index in [2.05, 4.69) is 0 Å². The van der Waals surface area contributed by atoms with Gasteiger partial charge in [-0.15, -0.1) is 0 Å². The van der Waals surface area contributed by atoms with Gasteiger partial charge < -0.3 is 24.5 Å². The van der Waals surface area contributed by atoms with Crippen LogP contribution < -0.4 is 4.90 Å². The van der Waals surface area contributed by atoms with Crippen LogP contribution in [-0.2, 0) is 20.9 Å². The van der Waals surface area contributed by atoms with Gasteiger partial charge in [0.05, 0.1) is 41.8 Å². The summed E-state index contributed by atoms with van der Waals surface area (Å²) in [4.78, 5) is 38.7. The molecule has 1 fully saturated rings. The van der Waals surface area contributed by atoms with Crippen molar-refractivity contribution in [3.05, 3.63) is 74.8 Å². The first-order valence-electron chi connectivity index (χ1n) is 13.2. The molecule has 1 aromatic carbocycles. The molecule has 1 aromatic heterocycles. The van der Waals surface area contributed by atoms with Crippen LogP contribution in [0.2, 0.25) is 0 Å². The van der Waals surface area contributed by atoms with E-state index in [-0.39, 0.29) is 31.0 Å². The number of fused-ring (bicyclic) bond motifs is 1. The number of amides is 2. The van der Waals surface area contributed by atoms with Crippen molar-refractivity contribution >= 4 is 29.3 Å². The first kappa shape index (κ1) is 29.3. The maximum absolute atomic E-state index is 13.6. The fourth-order valence-corrected chi connectivity index (χ4v) is 5.85. The first-order valence-corrected chi connectivity index (χ1v) is 13.2. The van der Waals surface area contributed by atoms with Crippen LogP contribution in [0.5, 0.6) is 0 Å². The van der Waals surface area contributed by atoms with Crippen LogP contribution in [-0.4, -0.2) is 58.5 Å². The van der Waals surface area contributed by atoms with E-state index in [0.29, 0.717) is 41.9 Å². The molecule has 11 nitrogen and oxygen atoms in total. The Labute approximate surface area is 231 Å². The van der Waals surface area contributed by atoms with E-state index >= 15 is 0 Å². The fourth-order valence-electron chi connectivity index (χ4n) is 5.85. The lowest BCUT2D eigenvalue weighted by molar-refractivity contribution is -0.384. The maximum atomic E-state index is 13.6. The number of aliphatic hydroxyl groups excluding tert-OH is 3. The van der Waals surface area contributed by atoms with Gasteiger partial charge >= 0.3 is 0 Å². The Morgan fingerprint density at radius 1 is 1.25 bits per heavy atom. The molecule has 0 saturated carbocycles. The number of non-ortho nitro benzene ring substituents is 1. The minimum atomic E-state index is -1.00. The van der Waals surface area contributed by atoms with Crippen molar-refractivity contribution < 1.29 is 39.0 Å². The summed E-state index contributed by atoms with van der Waals surface area (Å²) in [6.07, 6.45) is 2.55. The van der Waals surface area contributed by atoms with E-state index in [4.69, 9.17) is 9.15 Å². The van der Waals surface area contributed by atoms with Gasteiger partial charge in [-0.1, -0.05) is 18.6 Å². The SMILES string of the molecule is CC/C(=C\c1ccc(CO)o1)CC[C@@H](O)C1=C(COC)C[C@H]2C(=O)N(c3cccc([N+](=O)[O-])c3)C(=O)[C@H]2[C@H]1CO. The van der Waals surface area contributed by atoms with Gasteiger partial charge in [0.15, 0.2) is 0 Å². The van der Waals surface area contributed by atoms with Crippen LogP contribution in [0.4, 0.5) is 11.4 Å². The Balaban J connectivity index is 1.60. The monoisotopic (exact) mass is 554 g/mol. The molecular weight excluding hydrogens is 520 g/mol. The smallest absolute Gasteiger partial charge is 0.271 e. The predicted octanol–water partition coefficient (Wildman–Crippen LogP) is 3.38. The molecule has 4 rings (SSSR count). The van der Waals surface area contributed by atoms with Gasteiger partial charge in [0.25, 0.3) is 5.69 Å². The molecule has 4 atom stereocenters. The molecule has 0 bridgehead atoms. The number of benzene rings is 1. The summed E-state index contributed by atoms with van der Waals surface area (Å²) < 4.78 is 10.9. The topological polar surface area (TPSA) is 164 Å². The van der Waals surface area contributed by atoms with Crippen molar-refractivity contribution in [2.24, 2.45) is 17.8 Å². The largest absolute Gasteiger partial charge is 0.459 e. The fraction of sp³-hybridized carbons (Fsp3) is 0.448. The van der Waals surface area contributed by atoms with Crippen LogP contribution in [0.25, 0.3) is 6.08 Å². The second-order valence-electron chi connectivity index (χ2n) is 10.1. The summed E-state index contributed by atoms with van der Waals surface area (Å²) in [5.41, 5.74) is 2.03. The van der Waals surface area contributed by atoms with Gasteiger partial charge in [0, 0.05) is 25.2 Å². The van der Waals surface area contributed by atoms with Gasteiger partial charge in [0.2, 0.25) is 11.8 Å². The second-order valence-corrected chi connectivity index (χ2v) is 10.1. The van der Waals surface area contributed by atoms with Gasteiger partial charge in [-0.2, -0.15) is 0 Å². The van der Waals surface area contributed by atoms with Crippen molar-refractivity contribution in [2.75, 3.05) is 25.2 Å². The molecule has 1 saturated heterocycles. The molecular formula is C29H34N2O9. The normalized spacial score (nSPS) is 22.2. The maximum Gasteiger partial charge on any atom is 0.271 e. The average molecular weight is 555 g/mol. The van der Waals surface area contributed by atoms with Crippen LogP contribution in [0, 0.1) is 27.9 Å². The number of allylic oxidation sites excluding steroid dienone is 1. The van der Waals surface area contributed by atoms with E-state index in [0.717, 1.165) is 10.5 Å². The number of anilines is 1. The molecule has 0 unspecified atom stereocenters. The molecule has 1 aliphatic heterocycles. The third-order valence-electron chi connectivity index (χ3n) is 7.73. The van der Waals surface area contributed by atoms with Crippen LogP contribution >= 0.6 is 0 Å². The standard InChI is InChI=1S/C29H34N2O9/c1-3-17(11-21-8-9-22(14-32)40-21)7-10-25(34)26-18(16-39-2)12-23-27(24(26)15-33)29(36)30(28(23)35)19-5-4-6-20(13-19)31(37)38/h4-6,8-9,11,13,23-25,27,32-34H,3,7,10,12,14-16H2,1-2H3/b17-11+/t23-,24+,25-,27-/m1/s1. The molecule has 214 valence electrons. The lowest BCUT2D eigenvalue weighted by Gasteiger charge is -2.36. The Hall–Kier alpha value is -3.64. The van der Waals surface area contributed by atoms with E-state index in [1.165, 1.54) is 31.4 Å². The Bertz CT molecular complexity index is 1330. The van der Waals surface area contributed by atoms with E-state index in [9.17, 15) is 35.0 Å². The Morgan fingerprint density at radius 3 is 2.65 bits per heavy atom. The summed E-state index contributed by atoms with van der Waals surface area (Å²) in [5.74, 6) is -2.51. The Kier molecular flexibility index (Phi) is 9.31. The third kappa shape index (κ3) is 5.78. The minimum absolute atomic E-state index is 0.102. The number of nitro benzene ring substituents is 1. The number of rotatable bonds is 12. The number of nitro groups is 1. The zero-order chi connectivity index (χ0) is 29.0. The van der Waals surface area contributed by atoms with Crippen LogP contribution in [0.3, 0.4) is 0 Å². The van der Waals surface area contributed by atoms with Crippen molar-refractivity contribution in [3.8, 4) is 0 Å². The summed E-state index contributed by atoms with van der Waals surface area (Å²) in [7, 11) is 1.50. The molecule has 2 amide bonds. The summed E-state index contributed by atoms with van der Waals surface area (Å²) in [5, 5.41) is 42.4. The Morgan fingerprint density at radius 2 is 2.02 bits per heavy atom. The summed E-state index contributed by atoms with van der Waals surface area (Å²) >= 11 is 0. The predicted molar refractivity (Wildman–Crippen MR) is 145 cm³/mol. The van der Waals surface area contributed by atoms with Crippen LogP contribution in [0.1, 0.15) is 44.1 Å². The lowest BCUT2D eigenvalue weighted by atomic mass is 9.68. The number of aliphatic hydroxyl groups is 3. The highest BCUT2D eigenvalue weighted by molar-refractivity contribution is 6.22.